The first kappa shape index (κ1) is 16.6. The number of nitrogens with one attached hydrogen (secondary N) is 3. The van der Waals surface area contributed by atoms with Crippen LogP contribution < -0.4 is 5.32 Å². The predicted octanol–water partition coefficient (Wildman–Crippen LogP) is 4.81. The van der Waals surface area contributed by atoms with Gasteiger partial charge in [0.05, 0.1) is 17.4 Å². The average Bonchev–Trinajstić information content (AvgIpc) is 3.23. The van der Waals surface area contributed by atoms with Gasteiger partial charge in [-0.1, -0.05) is 6.07 Å². The normalized spacial score (nSPS) is 11.0. The molecule has 0 saturated carbocycles. The number of rotatable bonds is 4. The van der Waals surface area contributed by atoms with Gasteiger partial charge in [0.15, 0.2) is 0 Å². The van der Waals surface area contributed by atoms with Crippen LogP contribution >= 0.6 is 15.9 Å². The van der Waals surface area contributed by atoms with Crippen LogP contribution in [-0.4, -0.2) is 20.9 Å². The van der Waals surface area contributed by atoms with Gasteiger partial charge in [0, 0.05) is 33.9 Å². The lowest BCUT2D eigenvalue weighted by atomic mass is 10.1. The van der Waals surface area contributed by atoms with Crippen molar-refractivity contribution >= 4 is 38.6 Å². The minimum Gasteiger partial charge on any atom is -0.365 e. The number of aryl methyl sites for hydroxylation is 1. The third kappa shape index (κ3) is 3.41. The van der Waals surface area contributed by atoms with E-state index < -0.39 is 0 Å². The van der Waals surface area contributed by atoms with Crippen molar-refractivity contribution in [3.8, 4) is 0 Å². The molecule has 0 atom stereocenters. The summed E-state index contributed by atoms with van der Waals surface area (Å²) in [4.78, 5) is 23.4. The van der Waals surface area contributed by atoms with Crippen LogP contribution in [-0.2, 0) is 6.42 Å². The number of aromatic amines is 2. The number of fused-ring (bicyclic) bond motifs is 1. The summed E-state index contributed by atoms with van der Waals surface area (Å²) in [6.45, 7) is 1.99. The molecule has 0 aliphatic heterocycles. The molecule has 0 aliphatic rings. The Kier molecular flexibility index (Phi) is 4.34. The average molecular weight is 409 g/mol. The zero-order chi connectivity index (χ0) is 18.1. The Labute approximate surface area is 159 Å². The van der Waals surface area contributed by atoms with E-state index in [0.717, 1.165) is 38.9 Å². The Morgan fingerprint density at radius 3 is 2.85 bits per heavy atom. The molecule has 1 aromatic carbocycles. The third-order valence-electron chi connectivity index (χ3n) is 4.20. The zero-order valence-electron chi connectivity index (χ0n) is 14.1. The number of hydrogen-bond donors (Lipinski definition) is 3. The molecule has 130 valence electrons. The van der Waals surface area contributed by atoms with Crippen LogP contribution in [0.5, 0.6) is 0 Å². The standard InChI is InChI=1S/C20H17BrN4O/c1-12-4-5-17(18(21)7-12)20(26)25-16-9-13-8-15(24-19(13)23-11-16)10-14-3-2-6-22-14/h2-9,11,22H,10H2,1H3,(H,23,24)(H,25,26). The maximum absolute atomic E-state index is 12.5. The van der Waals surface area contributed by atoms with Crippen LogP contribution in [0, 0.1) is 6.92 Å². The summed E-state index contributed by atoms with van der Waals surface area (Å²) in [6, 6.07) is 13.7. The molecular weight excluding hydrogens is 392 g/mol. The van der Waals surface area contributed by atoms with Crippen molar-refractivity contribution in [3.05, 3.63) is 81.8 Å². The minimum atomic E-state index is -0.167. The van der Waals surface area contributed by atoms with Crippen LogP contribution in [0.3, 0.4) is 0 Å². The van der Waals surface area contributed by atoms with Crippen molar-refractivity contribution in [2.75, 3.05) is 5.32 Å². The zero-order valence-corrected chi connectivity index (χ0v) is 15.7. The van der Waals surface area contributed by atoms with E-state index in [1.165, 1.54) is 0 Å². The second-order valence-electron chi connectivity index (χ2n) is 6.27. The molecule has 0 unspecified atom stereocenters. The van der Waals surface area contributed by atoms with Crippen LogP contribution in [0.2, 0.25) is 0 Å². The monoisotopic (exact) mass is 408 g/mol. The van der Waals surface area contributed by atoms with Gasteiger partial charge in [-0.2, -0.15) is 0 Å². The first-order valence-electron chi connectivity index (χ1n) is 8.26. The highest BCUT2D eigenvalue weighted by Crippen LogP contribution is 2.22. The van der Waals surface area contributed by atoms with Gasteiger partial charge in [-0.3, -0.25) is 4.79 Å². The topological polar surface area (TPSA) is 73.6 Å². The van der Waals surface area contributed by atoms with Crippen molar-refractivity contribution in [1.82, 2.24) is 15.0 Å². The number of aromatic nitrogens is 3. The minimum absolute atomic E-state index is 0.167. The molecule has 6 heteroatoms. The Balaban J connectivity index is 1.56. The van der Waals surface area contributed by atoms with Gasteiger partial charge in [-0.05, 0) is 64.8 Å². The molecule has 3 aromatic heterocycles. The number of pyridine rings is 1. The maximum Gasteiger partial charge on any atom is 0.256 e. The van der Waals surface area contributed by atoms with Crippen molar-refractivity contribution in [2.24, 2.45) is 0 Å². The van der Waals surface area contributed by atoms with Gasteiger partial charge in [-0.15, -0.1) is 0 Å². The van der Waals surface area contributed by atoms with Crippen molar-refractivity contribution < 1.29 is 4.79 Å². The summed E-state index contributed by atoms with van der Waals surface area (Å²) in [5, 5.41) is 3.88. The summed E-state index contributed by atoms with van der Waals surface area (Å²) in [7, 11) is 0. The largest absolute Gasteiger partial charge is 0.365 e. The van der Waals surface area contributed by atoms with Crippen LogP contribution in [0.1, 0.15) is 27.3 Å². The predicted molar refractivity (Wildman–Crippen MR) is 107 cm³/mol. The molecular formula is C20H17BrN4O. The Bertz CT molecular complexity index is 1080. The number of H-pyrrole nitrogens is 2. The molecule has 3 heterocycles. The van der Waals surface area contributed by atoms with E-state index in [9.17, 15) is 4.79 Å². The van der Waals surface area contributed by atoms with E-state index in [4.69, 9.17) is 0 Å². The van der Waals surface area contributed by atoms with Crippen LogP contribution in [0.15, 0.2) is 59.3 Å². The number of amides is 1. The van der Waals surface area contributed by atoms with E-state index in [0.29, 0.717) is 11.3 Å². The highest BCUT2D eigenvalue weighted by Gasteiger charge is 2.11. The molecule has 1 amide bonds. The molecule has 26 heavy (non-hydrogen) atoms. The maximum atomic E-state index is 12.5. The molecule has 0 aliphatic carbocycles. The Morgan fingerprint density at radius 1 is 1.19 bits per heavy atom. The molecule has 5 nitrogen and oxygen atoms in total. The number of carbonyl (C=O) groups is 1. The van der Waals surface area contributed by atoms with Crippen molar-refractivity contribution in [1.29, 1.82) is 0 Å². The van der Waals surface area contributed by atoms with E-state index in [-0.39, 0.29) is 5.91 Å². The number of benzene rings is 1. The van der Waals surface area contributed by atoms with Gasteiger partial charge in [-0.25, -0.2) is 4.98 Å². The molecule has 0 spiro atoms. The molecule has 0 radical (unpaired) electrons. The number of hydrogen-bond acceptors (Lipinski definition) is 2. The highest BCUT2D eigenvalue weighted by atomic mass is 79.9. The summed E-state index contributed by atoms with van der Waals surface area (Å²) in [6.07, 6.45) is 4.35. The van der Waals surface area contributed by atoms with Gasteiger partial charge in [0.25, 0.3) is 5.91 Å². The summed E-state index contributed by atoms with van der Waals surface area (Å²) < 4.78 is 0.777. The number of halogens is 1. The van der Waals surface area contributed by atoms with Crippen LogP contribution in [0.25, 0.3) is 11.0 Å². The number of nitrogens with zero attached hydrogens (tertiary/aromatic N) is 1. The fourth-order valence-electron chi connectivity index (χ4n) is 2.92. The molecule has 4 aromatic rings. The third-order valence-corrected chi connectivity index (χ3v) is 4.85. The van der Waals surface area contributed by atoms with Gasteiger partial charge >= 0.3 is 0 Å². The lowest BCUT2D eigenvalue weighted by Gasteiger charge is -2.07. The van der Waals surface area contributed by atoms with Crippen molar-refractivity contribution in [3.63, 3.8) is 0 Å². The molecule has 0 fully saturated rings. The second-order valence-corrected chi connectivity index (χ2v) is 7.12. The van der Waals surface area contributed by atoms with Gasteiger partial charge < -0.3 is 15.3 Å². The molecule has 3 N–H and O–H groups in total. The SMILES string of the molecule is Cc1ccc(C(=O)Nc2cnc3[nH]c(Cc4ccc[nH]4)cc3c2)c(Br)c1. The quantitative estimate of drug-likeness (QED) is 0.453. The number of anilines is 1. The van der Waals surface area contributed by atoms with E-state index in [2.05, 4.69) is 42.3 Å². The van der Waals surface area contributed by atoms with E-state index >= 15 is 0 Å². The van der Waals surface area contributed by atoms with E-state index in [1.807, 2.05) is 49.5 Å². The Hall–Kier alpha value is -2.86. The first-order chi connectivity index (χ1) is 12.6. The van der Waals surface area contributed by atoms with Crippen LogP contribution in [0.4, 0.5) is 5.69 Å². The van der Waals surface area contributed by atoms with Gasteiger partial charge in [0.2, 0.25) is 0 Å². The fourth-order valence-corrected chi connectivity index (χ4v) is 3.59. The fraction of sp³-hybridized carbons (Fsp3) is 0.100. The lowest BCUT2D eigenvalue weighted by molar-refractivity contribution is 0.102. The highest BCUT2D eigenvalue weighted by molar-refractivity contribution is 9.10. The summed E-state index contributed by atoms with van der Waals surface area (Å²) in [5.74, 6) is -0.167. The first-order valence-corrected chi connectivity index (χ1v) is 9.05. The molecule has 0 bridgehead atoms. The number of carbonyl (C=O) groups excluding carboxylic acids is 1. The smallest absolute Gasteiger partial charge is 0.256 e. The summed E-state index contributed by atoms with van der Waals surface area (Å²) >= 11 is 3.45. The Morgan fingerprint density at radius 2 is 2.08 bits per heavy atom. The van der Waals surface area contributed by atoms with Gasteiger partial charge in [0.1, 0.15) is 5.65 Å². The lowest BCUT2D eigenvalue weighted by Crippen LogP contribution is -2.12. The molecule has 0 saturated heterocycles. The molecule has 4 rings (SSSR count). The summed E-state index contributed by atoms with van der Waals surface area (Å²) in [5.41, 5.74) is 5.37. The van der Waals surface area contributed by atoms with Crippen molar-refractivity contribution in [2.45, 2.75) is 13.3 Å². The van der Waals surface area contributed by atoms with E-state index in [1.54, 1.807) is 6.20 Å². The second kappa shape index (κ2) is 6.80.